The number of nitrogens with zero attached hydrogens (tertiary/aromatic N) is 5. The minimum absolute atomic E-state index is 0.0922. The molecule has 0 aliphatic carbocycles. The summed E-state index contributed by atoms with van der Waals surface area (Å²) >= 11 is 0. The van der Waals surface area contributed by atoms with Gasteiger partial charge in [-0.25, -0.2) is 14.6 Å². The lowest BCUT2D eigenvalue weighted by molar-refractivity contribution is -0.137. The summed E-state index contributed by atoms with van der Waals surface area (Å²) in [6, 6.07) is 16.4. The molecule has 0 saturated heterocycles. The third kappa shape index (κ3) is 4.23. The van der Waals surface area contributed by atoms with Crippen molar-refractivity contribution in [1.29, 1.82) is 0 Å². The van der Waals surface area contributed by atoms with Gasteiger partial charge in [-0.1, -0.05) is 24.3 Å². The molecule has 3 aromatic carbocycles. The van der Waals surface area contributed by atoms with Crippen molar-refractivity contribution < 1.29 is 22.7 Å². The zero-order valence-corrected chi connectivity index (χ0v) is 18.2. The lowest BCUT2D eigenvalue weighted by atomic mass is 10.1. The number of alkyl halides is 3. The number of aliphatic imine (C=N–C) groups is 1. The number of halogens is 3. The second kappa shape index (κ2) is 8.35. The molecule has 0 bridgehead atoms. The number of carbonyl (C=O) groups excluding carboxylic acids is 1. The quantitative estimate of drug-likeness (QED) is 0.412. The molecular formula is C24H16F3N5O3. The topological polar surface area (TPSA) is 91.4 Å². The van der Waals surface area contributed by atoms with E-state index in [0.717, 1.165) is 44.8 Å². The normalized spacial score (nSPS) is 14.3. The molecule has 0 unspecified atom stereocenters. The van der Waals surface area contributed by atoms with E-state index in [2.05, 4.69) is 15.4 Å². The highest BCUT2D eigenvalue weighted by Crippen LogP contribution is 2.29. The number of fused-ring (bicyclic) bond motifs is 1. The van der Waals surface area contributed by atoms with Gasteiger partial charge in [-0.05, 0) is 70.9 Å². The first kappa shape index (κ1) is 22.3. The Morgan fingerprint density at radius 3 is 2.34 bits per heavy atom. The average molecular weight is 479 g/mol. The molecule has 176 valence electrons. The van der Waals surface area contributed by atoms with Gasteiger partial charge in [0.1, 0.15) is 0 Å². The van der Waals surface area contributed by atoms with E-state index in [1.54, 1.807) is 36.4 Å². The average Bonchev–Trinajstić information content (AvgIpc) is 3.35. The van der Waals surface area contributed by atoms with E-state index in [-0.39, 0.29) is 18.1 Å². The Morgan fingerprint density at radius 2 is 1.66 bits per heavy atom. The minimum atomic E-state index is -4.47. The Labute approximate surface area is 195 Å². The van der Waals surface area contributed by atoms with Crippen LogP contribution in [0.1, 0.15) is 32.6 Å². The molecular weight excluding hydrogens is 463 g/mol. The molecule has 0 saturated carbocycles. The van der Waals surface area contributed by atoms with Crippen molar-refractivity contribution in [3.05, 3.63) is 105 Å². The van der Waals surface area contributed by atoms with Gasteiger partial charge in [0.2, 0.25) is 5.90 Å². The van der Waals surface area contributed by atoms with Gasteiger partial charge < -0.3 is 4.74 Å². The van der Waals surface area contributed by atoms with Gasteiger partial charge in [0, 0.05) is 0 Å². The molecule has 35 heavy (non-hydrogen) atoms. The fourth-order valence-electron chi connectivity index (χ4n) is 3.68. The molecule has 2 heterocycles. The summed E-state index contributed by atoms with van der Waals surface area (Å²) in [6.45, 7) is 1.92. The van der Waals surface area contributed by atoms with Crippen molar-refractivity contribution in [2.45, 2.75) is 19.6 Å². The lowest BCUT2D eigenvalue weighted by Gasteiger charge is -2.07. The number of tetrazole rings is 1. The van der Waals surface area contributed by atoms with Gasteiger partial charge in [0.15, 0.2) is 0 Å². The van der Waals surface area contributed by atoms with Gasteiger partial charge in [-0.3, -0.25) is 0 Å². The minimum Gasteiger partial charge on any atom is -0.403 e. The van der Waals surface area contributed by atoms with Crippen LogP contribution in [-0.4, -0.2) is 31.7 Å². The van der Waals surface area contributed by atoms with E-state index in [0.29, 0.717) is 16.8 Å². The van der Waals surface area contributed by atoms with Gasteiger partial charge >= 0.3 is 17.8 Å². The molecule has 0 atom stereocenters. The zero-order chi connectivity index (χ0) is 24.7. The maximum absolute atomic E-state index is 12.8. The maximum Gasteiger partial charge on any atom is 0.416 e. The molecule has 11 heteroatoms. The fourth-order valence-corrected chi connectivity index (χ4v) is 3.68. The first-order valence-corrected chi connectivity index (χ1v) is 10.4. The first-order valence-electron chi connectivity index (χ1n) is 10.4. The molecule has 4 aromatic rings. The number of ether oxygens (including phenoxy) is 1. The Kier molecular flexibility index (Phi) is 5.31. The molecule has 1 aliphatic rings. The Balaban J connectivity index is 1.37. The van der Waals surface area contributed by atoms with Crippen molar-refractivity contribution in [1.82, 2.24) is 19.8 Å². The monoisotopic (exact) mass is 479 g/mol. The number of aryl methyl sites for hydroxylation is 1. The first-order chi connectivity index (χ1) is 16.7. The van der Waals surface area contributed by atoms with Crippen LogP contribution in [0, 0.1) is 6.92 Å². The standard InChI is InChI=1S/C24H16F3N5O3/c1-14-12-15(6-11-20(14)28-21-18-4-2-3-5-19(18)22(33)35-21)13-31-23(34)32(30-29-31)17-9-7-16(8-10-17)24(25,26)27/h2-12H,13H2,1H3/b28-21-. The number of esters is 1. The number of cyclic esters (lactones) is 1. The van der Waals surface area contributed by atoms with Gasteiger partial charge in [-0.15, -0.1) is 0 Å². The SMILES string of the molecule is Cc1cc(Cn2nnn(-c3ccc(C(F)(F)F)cc3)c2=O)ccc1/N=C1\OC(=O)c2ccccc21. The van der Waals surface area contributed by atoms with Crippen LogP contribution in [0.25, 0.3) is 5.69 Å². The molecule has 0 spiro atoms. The predicted octanol–water partition coefficient (Wildman–Crippen LogP) is 4.05. The van der Waals surface area contributed by atoms with Gasteiger partial charge in [0.25, 0.3) is 0 Å². The predicted molar refractivity (Wildman–Crippen MR) is 119 cm³/mol. The molecule has 0 radical (unpaired) electrons. The van der Waals surface area contributed by atoms with Crippen molar-refractivity contribution in [3.8, 4) is 5.69 Å². The van der Waals surface area contributed by atoms with E-state index in [9.17, 15) is 22.8 Å². The number of carbonyl (C=O) groups is 1. The second-order valence-corrected chi connectivity index (χ2v) is 7.85. The van der Waals surface area contributed by atoms with Gasteiger partial charge in [0.05, 0.1) is 34.6 Å². The summed E-state index contributed by atoms with van der Waals surface area (Å²) in [7, 11) is 0. The molecule has 0 N–H and O–H groups in total. The largest absolute Gasteiger partial charge is 0.416 e. The number of aromatic nitrogens is 4. The van der Waals surface area contributed by atoms with Gasteiger partial charge in [-0.2, -0.15) is 22.5 Å². The van der Waals surface area contributed by atoms with E-state index >= 15 is 0 Å². The van der Waals surface area contributed by atoms with Crippen molar-refractivity contribution in [2.75, 3.05) is 0 Å². The summed E-state index contributed by atoms with van der Waals surface area (Å²) in [6.07, 6.45) is -4.47. The van der Waals surface area contributed by atoms with Crippen LogP contribution >= 0.6 is 0 Å². The third-order valence-corrected chi connectivity index (χ3v) is 5.46. The van der Waals surface area contributed by atoms with Crippen molar-refractivity contribution in [2.24, 2.45) is 4.99 Å². The number of hydrogen-bond acceptors (Lipinski definition) is 6. The molecule has 1 aromatic heterocycles. The van der Waals surface area contributed by atoms with E-state index in [1.807, 2.05) is 13.0 Å². The molecule has 0 amide bonds. The van der Waals surface area contributed by atoms with E-state index in [1.165, 1.54) is 0 Å². The second-order valence-electron chi connectivity index (χ2n) is 7.85. The fraction of sp³-hybridized carbons (Fsp3) is 0.125. The third-order valence-electron chi connectivity index (χ3n) is 5.46. The van der Waals surface area contributed by atoms with Crippen molar-refractivity contribution in [3.63, 3.8) is 0 Å². The Bertz CT molecular complexity index is 1540. The Morgan fingerprint density at radius 1 is 0.943 bits per heavy atom. The van der Waals surface area contributed by atoms with Crippen LogP contribution in [0.5, 0.6) is 0 Å². The van der Waals surface area contributed by atoms with E-state index in [4.69, 9.17) is 4.74 Å². The van der Waals surface area contributed by atoms with Crippen molar-refractivity contribution >= 4 is 17.6 Å². The van der Waals surface area contributed by atoms with Crippen LogP contribution in [0.3, 0.4) is 0 Å². The number of hydrogen-bond donors (Lipinski definition) is 0. The highest BCUT2D eigenvalue weighted by Gasteiger charge is 2.30. The molecule has 8 nitrogen and oxygen atoms in total. The van der Waals surface area contributed by atoms with Crippen LogP contribution in [0.4, 0.5) is 18.9 Å². The smallest absolute Gasteiger partial charge is 0.403 e. The maximum atomic E-state index is 12.8. The summed E-state index contributed by atoms with van der Waals surface area (Å²) in [4.78, 5) is 29.2. The zero-order valence-electron chi connectivity index (χ0n) is 18.2. The molecule has 1 aliphatic heterocycles. The van der Waals surface area contributed by atoms with Crippen LogP contribution in [0.2, 0.25) is 0 Å². The summed E-state index contributed by atoms with van der Waals surface area (Å²) in [5.41, 5.74) is 1.92. The number of rotatable bonds is 4. The molecule has 5 rings (SSSR count). The van der Waals surface area contributed by atoms with Crippen LogP contribution < -0.4 is 5.69 Å². The van der Waals surface area contributed by atoms with Crippen LogP contribution in [-0.2, 0) is 17.5 Å². The Hall–Kier alpha value is -4.54. The number of benzene rings is 3. The lowest BCUT2D eigenvalue weighted by Crippen LogP contribution is -2.24. The van der Waals surface area contributed by atoms with E-state index < -0.39 is 23.4 Å². The highest BCUT2D eigenvalue weighted by molar-refractivity contribution is 6.17. The summed E-state index contributed by atoms with van der Waals surface area (Å²) in [5, 5.41) is 7.61. The molecule has 0 fully saturated rings. The highest BCUT2D eigenvalue weighted by atomic mass is 19.4. The summed E-state index contributed by atoms with van der Waals surface area (Å²) in [5.74, 6) is -0.235. The van der Waals surface area contributed by atoms with Crippen LogP contribution in [0.15, 0.2) is 76.5 Å². The summed E-state index contributed by atoms with van der Waals surface area (Å²) < 4.78 is 45.6.